The molecule has 2 amide bonds. The van der Waals surface area contributed by atoms with Gasteiger partial charge >= 0.3 is 12.1 Å². The van der Waals surface area contributed by atoms with E-state index < -0.39 is 47.4 Å². The fourth-order valence-electron chi connectivity index (χ4n) is 3.61. The Hall–Kier alpha value is -3.88. The van der Waals surface area contributed by atoms with Crippen LogP contribution in [0.15, 0.2) is 60.7 Å². The number of carbonyl (C=O) groups is 3. The van der Waals surface area contributed by atoms with Crippen molar-refractivity contribution in [2.24, 2.45) is 0 Å². The molecule has 3 aromatic carbocycles. The highest BCUT2D eigenvalue weighted by molar-refractivity contribution is 6.16. The molecule has 0 spiro atoms. The van der Waals surface area contributed by atoms with Crippen molar-refractivity contribution in [1.29, 1.82) is 0 Å². The number of amides is 2. The van der Waals surface area contributed by atoms with Crippen LogP contribution in [0.25, 0.3) is 10.8 Å². The fourth-order valence-corrected chi connectivity index (χ4v) is 3.61. The summed E-state index contributed by atoms with van der Waals surface area (Å²) in [6.07, 6.45) is -4.76. The van der Waals surface area contributed by atoms with Gasteiger partial charge in [-0.25, -0.2) is 0 Å². The van der Waals surface area contributed by atoms with Crippen LogP contribution >= 0.6 is 0 Å². The number of hydrogen-bond acceptors (Lipinski definition) is 5. The second-order valence-corrected chi connectivity index (χ2v) is 8.69. The maximum absolute atomic E-state index is 13.8. The second kappa shape index (κ2) is 9.77. The molecule has 0 radical (unpaired) electrons. The number of esters is 1. The van der Waals surface area contributed by atoms with Gasteiger partial charge in [0.05, 0.1) is 7.11 Å². The smallest absolute Gasteiger partial charge is 0.420 e. The lowest BCUT2D eigenvalue weighted by molar-refractivity contribution is -0.155. The Morgan fingerprint density at radius 2 is 1.49 bits per heavy atom. The topological polar surface area (TPSA) is 72.9 Å². The summed E-state index contributed by atoms with van der Waals surface area (Å²) in [5.74, 6) is -2.97. The summed E-state index contributed by atoms with van der Waals surface area (Å²) in [4.78, 5) is 40.0. The van der Waals surface area contributed by atoms with Crippen LogP contribution < -0.4 is 4.74 Å². The fraction of sp³-hybridized carbons (Fsp3) is 0.269. The largest absolute Gasteiger partial charge is 0.496 e. The number of ether oxygens (including phenoxy) is 2. The van der Waals surface area contributed by atoms with Crippen molar-refractivity contribution in [1.82, 2.24) is 4.90 Å². The van der Waals surface area contributed by atoms with Crippen LogP contribution in [0, 0.1) is 0 Å². The Labute approximate surface area is 200 Å². The van der Waals surface area contributed by atoms with Crippen molar-refractivity contribution >= 4 is 28.6 Å². The molecule has 0 atom stereocenters. The van der Waals surface area contributed by atoms with Crippen molar-refractivity contribution in [2.45, 2.75) is 32.5 Å². The van der Waals surface area contributed by atoms with Gasteiger partial charge in [0.15, 0.2) is 0 Å². The average Bonchev–Trinajstić information content (AvgIpc) is 2.79. The van der Waals surface area contributed by atoms with Gasteiger partial charge < -0.3 is 9.47 Å². The number of rotatable bonds is 5. The normalized spacial score (nSPS) is 11.7. The molecular weight excluding hydrogens is 463 g/mol. The van der Waals surface area contributed by atoms with E-state index in [4.69, 9.17) is 9.47 Å². The van der Waals surface area contributed by atoms with Gasteiger partial charge in [0.2, 0.25) is 0 Å². The van der Waals surface area contributed by atoms with Crippen LogP contribution in [0.1, 0.15) is 47.1 Å². The first-order valence-electron chi connectivity index (χ1n) is 10.6. The molecule has 0 aliphatic heterocycles. The quantitative estimate of drug-likeness (QED) is 0.352. The summed E-state index contributed by atoms with van der Waals surface area (Å²) in [5, 5.41) is -0.312. The van der Waals surface area contributed by atoms with Gasteiger partial charge in [-0.1, -0.05) is 30.3 Å². The lowest BCUT2D eigenvalue weighted by Crippen LogP contribution is -2.42. The number of alkyl halides is 3. The highest BCUT2D eigenvalue weighted by atomic mass is 19.4. The zero-order valence-corrected chi connectivity index (χ0v) is 19.6. The van der Waals surface area contributed by atoms with E-state index in [-0.39, 0.29) is 21.9 Å². The predicted octanol–water partition coefficient (Wildman–Crippen LogP) is 5.49. The molecular formula is C26H24F3NO5. The van der Waals surface area contributed by atoms with Crippen LogP contribution in [0.3, 0.4) is 0 Å². The monoisotopic (exact) mass is 487 g/mol. The standard InChI is InChI=1S/C26H24F3NO5/c1-25(2,3)35-21(31)15-30(23(32)16-9-6-5-7-10-16)24(33)19-12-8-11-18-17(19)13-14-20(34-4)22(18)26(27,28)29/h5-14H,15H2,1-4H3. The maximum Gasteiger partial charge on any atom is 0.420 e. The van der Waals surface area contributed by atoms with Crippen molar-refractivity contribution in [3.05, 3.63) is 77.4 Å². The first-order valence-corrected chi connectivity index (χ1v) is 10.6. The predicted molar refractivity (Wildman–Crippen MR) is 123 cm³/mol. The van der Waals surface area contributed by atoms with Crippen molar-refractivity contribution in [3.8, 4) is 5.75 Å². The number of carbonyl (C=O) groups excluding carboxylic acids is 3. The molecule has 0 aliphatic rings. The molecule has 0 bridgehead atoms. The maximum atomic E-state index is 13.8. The Bertz CT molecular complexity index is 1260. The third-order valence-electron chi connectivity index (χ3n) is 4.98. The van der Waals surface area contributed by atoms with E-state index >= 15 is 0 Å². The minimum Gasteiger partial charge on any atom is -0.496 e. The van der Waals surface area contributed by atoms with Crippen LogP contribution in [0.4, 0.5) is 13.2 Å². The van der Waals surface area contributed by atoms with Crippen LogP contribution in [0.2, 0.25) is 0 Å². The van der Waals surface area contributed by atoms with Crippen molar-refractivity contribution < 1.29 is 37.0 Å². The lowest BCUT2D eigenvalue weighted by Gasteiger charge is -2.25. The average molecular weight is 487 g/mol. The first-order chi connectivity index (χ1) is 16.3. The summed E-state index contributed by atoms with van der Waals surface area (Å²) in [6, 6.07) is 14.0. The molecule has 9 heteroatoms. The molecule has 0 unspecified atom stereocenters. The van der Waals surface area contributed by atoms with Gasteiger partial charge in [0, 0.05) is 11.1 Å². The van der Waals surface area contributed by atoms with Gasteiger partial charge in [-0.3, -0.25) is 19.3 Å². The minimum absolute atomic E-state index is 0.0410. The summed E-state index contributed by atoms with van der Waals surface area (Å²) >= 11 is 0. The van der Waals surface area contributed by atoms with E-state index in [2.05, 4.69) is 0 Å². The van der Waals surface area contributed by atoms with Gasteiger partial charge in [0.1, 0.15) is 23.5 Å². The molecule has 0 aromatic heterocycles. The third-order valence-corrected chi connectivity index (χ3v) is 4.98. The SMILES string of the molecule is COc1ccc2c(C(=O)N(CC(=O)OC(C)(C)C)C(=O)c3ccccc3)cccc2c1C(F)(F)F. The molecule has 3 aromatic rings. The second-order valence-electron chi connectivity index (χ2n) is 8.69. The number of halogens is 3. The van der Waals surface area contributed by atoms with E-state index in [1.807, 2.05) is 0 Å². The number of nitrogens with zero attached hydrogens (tertiary/aromatic N) is 1. The van der Waals surface area contributed by atoms with E-state index in [9.17, 15) is 27.6 Å². The summed E-state index contributed by atoms with van der Waals surface area (Å²) < 4.78 is 51.7. The first kappa shape index (κ1) is 25.7. The Morgan fingerprint density at radius 3 is 2.06 bits per heavy atom. The van der Waals surface area contributed by atoms with Crippen molar-refractivity contribution in [3.63, 3.8) is 0 Å². The molecule has 0 saturated heterocycles. The molecule has 0 fully saturated rings. The van der Waals surface area contributed by atoms with Crippen LogP contribution in [-0.2, 0) is 15.7 Å². The molecule has 0 N–H and O–H groups in total. The lowest BCUT2D eigenvalue weighted by atomic mass is 9.98. The van der Waals surface area contributed by atoms with E-state index in [1.54, 1.807) is 39.0 Å². The summed E-state index contributed by atoms with van der Waals surface area (Å²) in [6.45, 7) is 4.18. The zero-order chi connectivity index (χ0) is 26.0. The number of imide groups is 1. The minimum atomic E-state index is -4.76. The van der Waals surface area contributed by atoms with Crippen molar-refractivity contribution in [2.75, 3.05) is 13.7 Å². The Kier molecular flexibility index (Phi) is 7.19. The van der Waals surface area contributed by atoms with E-state index in [1.165, 1.54) is 36.4 Å². The number of fused-ring (bicyclic) bond motifs is 1. The molecule has 184 valence electrons. The van der Waals surface area contributed by atoms with E-state index in [0.29, 0.717) is 4.90 Å². The van der Waals surface area contributed by atoms with Gasteiger partial charge in [-0.2, -0.15) is 13.2 Å². The molecule has 0 saturated carbocycles. The van der Waals surface area contributed by atoms with Gasteiger partial charge in [-0.15, -0.1) is 0 Å². The zero-order valence-electron chi connectivity index (χ0n) is 19.6. The number of hydrogen-bond donors (Lipinski definition) is 0. The number of benzene rings is 3. The Morgan fingerprint density at radius 1 is 0.829 bits per heavy atom. The summed E-state index contributed by atoms with van der Waals surface area (Å²) in [7, 11) is 1.12. The number of methoxy groups -OCH3 is 1. The molecule has 0 aliphatic carbocycles. The third kappa shape index (κ3) is 5.79. The van der Waals surface area contributed by atoms with Gasteiger partial charge in [0.25, 0.3) is 11.8 Å². The molecule has 3 rings (SSSR count). The highest BCUT2D eigenvalue weighted by Crippen LogP contribution is 2.42. The summed E-state index contributed by atoms with van der Waals surface area (Å²) in [5.41, 5.74) is -1.97. The molecule has 6 nitrogen and oxygen atoms in total. The van der Waals surface area contributed by atoms with Crippen LogP contribution in [0.5, 0.6) is 5.75 Å². The van der Waals surface area contributed by atoms with Crippen LogP contribution in [-0.4, -0.2) is 41.9 Å². The molecule has 0 heterocycles. The highest BCUT2D eigenvalue weighted by Gasteiger charge is 2.37. The molecule has 35 heavy (non-hydrogen) atoms. The van der Waals surface area contributed by atoms with E-state index in [0.717, 1.165) is 13.2 Å². The Balaban J connectivity index is 2.14. The van der Waals surface area contributed by atoms with Gasteiger partial charge in [-0.05, 0) is 61.9 Å².